The average molecular weight is 426 g/mol. The fourth-order valence-corrected chi connectivity index (χ4v) is 4.44. The minimum absolute atomic E-state index is 0.0849. The van der Waals surface area contributed by atoms with Gasteiger partial charge >= 0.3 is 5.97 Å². The summed E-state index contributed by atoms with van der Waals surface area (Å²) in [5, 5.41) is 0. The highest BCUT2D eigenvalue weighted by atomic mass is 19.1. The van der Waals surface area contributed by atoms with Crippen LogP contribution >= 0.6 is 0 Å². The number of fused-ring (bicyclic) bond motifs is 3. The third-order valence-electron chi connectivity index (χ3n) is 5.73. The summed E-state index contributed by atoms with van der Waals surface area (Å²) in [5.41, 5.74) is -0.370. The van der Waals surface area contributed by atoms with Crippen LogP contribution in [-0.4, -0.2) is 41.5 Å². The Balaban J connectivity index is 1.71. The zero-order valence-electron chi connectivity index (χ0n) is 17.6. The topological polar surface area (TPSA) is 76.1 Å². The highest BCUT2D eigenvalue weighted by Gasteiger charge is 2.62. The first-order valence-electron chi connectivity index (χ1n) is 10.1. The number of amides is 2. The Hall–Kier alpha value is -3.42. The lowest BCUT2D eigenvalue weighted by atomic mass is 9.95. The Kier molecular flexibility index (Phi) is 5.16. The van der Waals surface area contributed by atoms with Gasteiger partial charge in [-0.3, -0.25) is 14.5 Å². The monoisotopic (exact) mass is 426 g/mol. The van der Waals surface area contributed by atoms with Gasteiger partial charge in [0.1, 0.15) is 6.61 Å². The number of hydrogen-bond acceptors (Lipinski definition) is 5. The quantitative estimate of drug-likeness (QED) is 0.686. The normalized spacial score (nSPS) is 20.0. The SMILES string of the molecule is COc1ccc(COC(=O)C23CCC(=O)N2c2ccccc2C(=O)N3C(C)C)cc1F. The van der Waals surface area contributed by atoms with Gasteiger partial charge in [0.2, 0.25) is 11.6 Å². The van der Waals surface area contributed by atoms with Crippen LogP contribution in [0.1, 0.15) is 42.6 Å². The maximum atomic E-state index is 14.0. The van der Waals surface area contributed by atoms with Crippen molar-refractivity contribution in [3.63, 3.8) is 0 Å². The van der Waals surface area contributed by atoms with Gasteiger partial charge in [0, 0.05) is 18.9 Å². The molecule has 0 bridgehead atoms. The molecule has 8 heteroatoms. The second-order valence-corrected chi connectivity index (χ2v) is 7.88. The average Bonchev–Trinajstić information content (AvgIpc) is 3.10. The van der Waals surface area contributed by atoms with Crippen LogP contribution in [0.3, 0.4) is 0 Å². The van der Waals surface area contributed by atoms with E-state index in [9.17, 15) is 18.8 Å². The molecule has 2 aromatic rings. The largest absolute Gasteiger partial charge is 0.494 e. The van der Waals surface area contributed by atoms with Crippen LogP contribution < -0.4 is 9.64 Å². The van der Waals surface area contributed by atoms with E-state index in [0.717, 1.165) is 0 Å². The molecule has 1 atom stereocenters. The number of ether oxygens (including phenoxy) is 2. The number of rotatable bonds is 5. The summed E-state index contributed by atoms with van der Waals surface area (Å²) in [7, 11) is 1.36. The number of carbonyl (C=O) groups excluding carboxylic acids is 3. The summed E-state index contributed by atoms with van der Waals surface area (Å²) >= 11 is 0. The van der Waals surface area contributed by atoms with E-state index in [2.05, 4.69) is 0 Å². The van der Waals surface area contributed by atoms with E-state index in [0.29, 0.717) is 16.8 Å². The second kappa shape index (κ2) is 7.68. The number of hydrogen-bond donors (Lipinski definition) is 0. The molecule has 2 aromatic carbocycles. The summed E-state index contributed by atoms with van der Waals surface area (Å²) in [4.78, 5) is 42.5. The van der Waals surface area contributed by atoms with Gasteiger partial charge in [-0.2, -0.15) is 0 Å². The van der Waals surface area contributed by atoms with Gasteiger partial charge in [-0.05, 0) is 43.7 Å². The Morgan fingerprint density at radius 1 is 1.19 bits per heavy atom. The predicted octanol–water partition coefficient (Wildman–Crippen LogP) is 3.27. The van der Waals surface area contributed by atoms with Crippen LogP contribution in [0, 0.1) is 5.82 Å². The number of benzene rings is 2. The molecule has 2 heterocycles. The molecule has 162 valence electrons. The summed E-state index contributed by atoms with van der Waals surface area (Å²) in [5.74, 6) is -1.78. The van der Waals surface area contributed by atoms with Crippen LogP contribution in [0.5, 0.6) is 5.75 Å². The van der Waals surface area contributed by atoms with Gasteiger partial charge in [-0.25, -0.2) is 9.18 Å². The van der Waals surface area contributed by atoms with Gasteiger partial charge in [-0.1, -0.05) is 18.2 Å². The Labute approximate surface area is 179 Å². The number of methoxy groups -OCH3 is 1. The second-order valence-electron chi connectivity index (χ2n) is 7.88. The molecule has 4 rings (SSSR count). The minimum atomic E-state index is -1.57. The number of para-hydroxylation sites is 1. The summed E-state index contributed by atoms with van der Waals surface area (Å²) in [6, 6.07) is 10.7. The number of nitrogens with zero attached hydrogens (tertiary/aromatic N) is 2. The summed E-state index contributed by atoms with van der Waals surface area (Å²) in [6.45, 7) is 3.38. The zero-order valence-corrected chi connectivity index (χ0v) is 17.6. The number of esters is 1. The standard InChI is InChI=1S/C23H23FN2O5/c1-14(2)25-21(28)16-6-4-5-7-18(16)26-20(27)10-11-23(25,26)22(29)31-13-15-8-9-19(30-3)17(24)12-15/h4-9,12,14H,10-11,13H2,1-3H3. The van der Waals surface area contributed by atoms with E-state index in [1.165, 1.54) is 29.0 Å². The van der Waals surface area contributed by atoms with Crippen LogP contribution in [0.2, 0.25) is 0 Å². The molecule has 2 aliphatic heterocycles. The number of halogens is 1. The third kappa shape index (κ3) is 3.13. The van der Waals surface area contributed by atoms with Crippen molar-refractivity contribution in [3.05, 3.63) is 59.4 Å². The molecule has 0 spiro atoms. The van der Waals surface area contributed by atoms with Crippen molar-refractivity contribution in [2.75, 3.05) is 12.0 Å². The molecule has 0 saturated carbocycles. The van der Waals surface area contributed by atoms with Crippen molar-refractivity contribution in [1.82, 2.24) is 4.90 Å². The van der Waals surface area contributed by atoms with Crippen molar-refractivity contribution in [3.8, 4) is 5.75 Å². The first kappa shape index (κ1) is 20.8. The molecule has 0 radical (unpaired) electrons. The number of anilines is 1. The van der Waals surface area contributed by atoms with Crippen molar-refractivity contribution < 1.29 is 28.2 Å². The lowest BCUT2D eigenvalue weighted by Gasteiger charge is -2.50. The summed E-state index contributed by atoms with van der Waals surface area (Å²) in [6.07, 6.45) is 0.233. The van der Waals surface area contributed by atoms with E-state index < -0.39 is 17.4 Å². The molecular formula is C23H23FN2O5. The molecule has 31 heavy (non-hydrogen) atoms. The molecular weight excluding hydrogens is 403 g/mol. The summed E-state index contributed by atoms with van der Waals surface area (Å²) < 4.78 is 24.5. The van der Waals surface area contributed by atoms with Gasteiger partial charge in [-0.15, -0.1) is 0 Å². The fraction of sp³-hybridized carbons (Fsp3) is 0.348. The molecule has 2 aliphatic rings. The lowest BCUT2D eigenvalue weighted by molar-refractivity contribution is -0.159. The van der Waals surface area contributed by atoms with Crippen LogP contribution in [0.25, 0.3) is 0 Å². The van der Waals surface area contributed by atoms with Crippen LogP contribution in [0.4, 0.5) is 10.1 Å². The molecule has 1 fully saturated rings. The van der Waals surface area contributed by atoms with E-state index in [1.807, 2.05) is 0 Å². The Morgan fingerprint density at radius 2 is 1.94 bits per heavy atom. The zero-order chi connectivity index (χ0) is 22.3. The lowest BCUT2D eigenvalue weighted by Crippen LogP contribution is -2.70. The van der Waals surface area contributed by atoms with Crippen LogP contribution in [0.15, 0.2) is 42.5 Å². The fourth-order valence-electron chi connectivity index (χ4n) is 4.44. The highest BCUT2D eigenvalue weighted by Crippen LogP contribution is 2.46. The maximum absolute atomic E-state index is 14.0. The minimum Gasteiger partial charge on any atom is -0.494 e. The van der Waals surface area contributed by atoms with Crippen molar-refractivity contribution >= 4 is 23.5 Å². The van der Waals surface area contributed by atoms with Crippen molar-refractivity contribution in [2.45, 2.75) is 45.0 Å². The van der Waals surface area contributed by atoms with E-state index >= 15 is 0 Å². The van der Waals surface area contributed by atoms with Gasteiger partial charge < -0.3 is 14.4 Å². The van der Waals surface area contributed by atoms with Crippen molar-refractivity contribution in [1.29, 1.82) is 0 Å². The first-order valence-corrected chi connectivity index (χ1v) is 10.1. The predicted molar refractivity (Wildman–Crippen MR) is 110 cm³/mol. The molecule has 0 aliphatic carbocycles. The number of carbonyl (C=O) groups is 3. The maximum Gasteiger partial charge on any atom is 0.354 e. The van der Waals surface area contributed by atoms with Gasteiger partial charge in [0.25, 0.3) is 5.91 Å². The molecule has 0 N–H and O–H groups in total. The molecule has 7 nitrogen and oxygen atoms in total. The highest BCUT2D eigenvalue weighted by molar-refractivity contribution is 6.15. The van der Waals surface area contributed by atoms with E-state index in [-0.39, 0.29) is 43.1 Å². The Morgan fingerprint density at radius 3 is 2.61 bits per heavy atom. The first-order chi connectivity index (χ1) is 14.8. The molecule has 1 saturated heterocycles. The third-order valence-corrected chi connectivity index (χ3v) is 5.73. The van der Waals surface area contributed by atoms with Gasteiger partial charge in [0.05, 0.1) is 18.4 Å². The smallest absolute Gasteiger partial charge is 0.354 e. The van der Waals surface area contributed by atoms with E-state index in [1.54, 1.807) is 44.2 Å². The molecule has 0 aromatic heterocycles. The molecule has 1 unspecified atom stereocenters. The van der Waals surface area contributed by atoms with Crippen LogP contribution in [-0.2, 0) is 20.9 Å². The molecule has 2 amide bonds. The van der Waals surface area contributed by atoms with E-state index in [4.69, 9.17) is 9.47 Å². The van der Waals surface area contributed by atoms with Crippen molar-refractivity contribution in [2.24, 2.45) is 0 Å². The Bertz CT molecular complexity index is 1070. The van der Waals surface area contributed by atoms with Gasteiger partial charge in [0.15, 0.2) is 11.6 Å².